The van der Waals surface area contributed by atoms with Gasteiger partial charge in [-0.2, -0.15) is 0 Å². The van der Waals surface area contributed by atoms with Crippen molar-refractivity contribution in [2.45, 2.75) is 31.1 Å². The predicted octanol–water partition coefficient (Wildman–Crippen LogP) is 3.09. The molecular weight excluding hydrogens is 213 g/mol. The van der Waals surface area contributed by atoms with Gasteiger partial charge >= 0.3 is 0 Å². The van der Waals surface area contributed by atoms with Crippen LogP contribution in [0.5, 0.6) is 0 Å². The van der Waals surface area contributed by atoms with Crippen molar-refractivity contribution in [2.75, 3.05) is 18.5 Å². The van der Waals surface area contributed by atoms with Crippen LogP contribution in [0.3, 0.4) is 0 Å². The van der Waals surface area contributed by atoms with Gasteiger partial charge in [-0.15, -0.1) is 11.8 Å². The van der Waals surface area contributed by atoms with Crippen molar-refractivity contribution in [3.8, 4) is 11.8 Å². The van der Waals surface area contributed by atoms with Crippen molar-refractivity contribution < 1.29 is 4.39 Å². The highest BCUT2D eigenvalue weighted by molar-refractivity contribution is 5.62. The first-order valence-electron chi connectivity index (χ1n) is 6.18. The predicted molar refractivity (Wildman–Crippen MR) is 67.6 cm³/mol. The van der Waals surface area contributed by atoms with Crippen LogP contribution in [0, 0.1) is 17.7 Å². The molecule has 1 heterocycles. The zero-order chi connectivity index (χ0) is 11.9. The third-order valence-electron chi connectivity index (χ3n) is 4.06. The molecule has 1 aromatic rings. The lowest BCUT2D eigenvalue weighted by molar-refractivity contribution is 0.404. The van der Waals surface area contributed by atoms with Gasteiger partial charge < -0.3 is 4.90 Å². The summed E-state index contributed by atoms with van der Waals surface area (Å²) in [6.07, 6.45) is 4.13. The molecule has 0 fully saturated rings. The number of nitrogens with zero attached hydrogens (tertiary/aromatic N) is 1. The zero-order valence-electron chi connectivity index (χ0n) is 10.1. The number of benzene rings is 1. The second kappa shape index (κ2) is 3.77. The lowest BCUT2D eigenvalue weighted by Crippen LogP contribution is -2.31. The summed E-state index contributed by atoms with van der Waals surface area (Å²) in [4.78, 5) is 2.18. The van der Waals surface area contributed by atoms with E-state index in [0.29, 0.717) is 0 Å². The van der Waals surface area contributed by atoms with E-state index in [4.69, 9.17) is 0 Å². The first kappa shape index (κ1) is 10.7. The Kier molecular flexibility index (Phi) is 2.36. The van der Waals surface area contributed by atoms with E-state index in [9.17, 15) is 4.39 Å². The molecule has 0 N–H and O–H groups in total. The van der Waals surface area contributed by atoms with Crippen LogP contribution in [0.4, 0.5) is 10.1 Å². The van der Waals surface area contributed by atoms with Crippen LogP contribution in [0.2, 0.25) is 0 Å². The fourth-order valence-electron chi connectivity index (χ4n) is 3.23. The molecule has 0 bridgehead atoms. The SMILES string of the molecule is CN1CC2(CCC#CCC2)c2ccc(F)cc21. The zero-order valence-corrected chi connectivity index (χ0v) is 10.1. The normalized spacial score (nSPS) is 20.7. The molecule has 1 aliphatic carbocycles. The Balaban J connectivity index is 2.06. The topological polar surface area (TPSA) is 3.24 Å². The van der Waals surface area contributed by atoms with Crippen LogP contribution < -0.4 is 4.90 Å². The molecule has 0 radical (unpaired) electrons. The summed E-state index contributed by atoms with van der Waals surface area (Å²) >= 11 is 0. The Hall–Kier alpha value is -1.49. The van der Waals surface area contributed by atoms with Gasteiger partial charge in [-0.25, -0.2) is 4.39 Å². The van der Waals surface area contributed by atoms with Gasteiger partial charge in [-0.3, -0.25) is 0 Å². The fourth-order valence-corrected chi connectivity index (χ4v) is 3.23. The largest absolute Gasteiger partial charge is 0.373 e. The highest BCUT2D eigenvalue weighted by atomic mass is 19.1. The Morgan fingerprint density at radius 3 is 2.65 bits per heavy atom. The molecule has 88 valence electrons. The molecule has 3 rings (SSSR count). The quantitative estimate of drug-likeness (QED) is 0.618. The second-order valence-electron chi connectivity index (χ2n) is 5.15. The summed E-state index contributed by atoms with van der Waals surface area (Å²) in [5.74, 6) is 6.28. The van der Waals surface area contributed by atoms with E-state index in [1.165, 1.54) is 5.56 Å². The van der Waals surface area contributed by atoms with E-state index in [-0.39, 0.29) is 11.2 Å². The molecule has 1 aromatic carbocycles. The molecule has 0 saturated carbocycles. The minimum atomic E-state index is -0.141. The molecule has 2 aliphatic rings. The Labute approximate surface area is 102 Å². The minimum Gasteiger partial charge on any atom is -0.373 e. The standard InChI is InChI=1S/C15H16FN/c1-17-11-15(8-4-2-3-5-9-15)13-7-6-12(16)10-14(13)17/h6-7,10H,4-5,8-9,11H2,1H3. The van der Waals surface area contributed by atoms with Crippen LogP contribution in [-0.4, -0.2) is 13.6 Å². The fraction of sp³-hybridized carbons (Fsp3) is 0.467. The first-order valence-corrected chi connectivity index (χ1v) is 6.18. The van der Waals surface area contributed by atoms with Crippen LogP contribution in [0.15, 0.2) is 18.2 Å². The van der Waals surface area contributed by atoms with Gasteiger partial charge in [0.1, 0.15) is 5.82 Å². The summed E-state index contributed by atoms with van der Waals surface area (Å²) in [6.45, 7) is 0.995. The van der Waals surface area contributed by atoms with Crippen molar-refractivity contribution in [1.82, 2.24) is 0 Å². The Morgan fingerprint density at radius 1 is 1.24 bits per heavy atom. The van der Waals surface area contributed by atoms with E-state index >= 15 is 0 Å². The summed E-state index contributed by atoms with van der Waals surface area (Å²) in [5, 5.41) is 0. The van der Waals surface area contributed by atoms with E-state index in [1.54, 1.807) is 12.1 Å². The average molecular weight is 229 g/mol. The number of likely N-dealkylation sites (N-methyl/N-ethyl adjacent to an activating group) is 1. The van der Waals surface area contributed by atoms with Crippen LogP contribution >= 0.6 is 0 Å². The molecule has 0 unspecified atom stereocenters. The van der Waals surface area contributed by atoms with Crippen molar-refractivity contribution in [3.05, 3.63) is 29.6 Å². The van der Waals surface area contributed by atoms with Gasteiger partial charge in [0.15, 0.2) is 0 Å². The summed E-state index contributed by atoms with van der Waals surface area (Å²) in [5.41, 5.74) is 2.56. The van der Waals surface area contributed by atoms with Crippen molar-refractivity contribution >= 4 is 5.69 Å². The van der Waals surface area contributed by atoms with Crippen molar-refractivity contribution in [1.29, 1.82) is 0 Å². The molecule has 1 spiro atoms. The molecule has 17 heavy (non-hydrogen) atoms. The van der Waals surface area contributed by atoms with E-state index in [0.717, 1.165) is 37.9 Å². The third kappa shape index (κ3) is 1.61. The van der Waals surface area contributed by atoms with Crippen LogP contribution in [0.25, 0.3) is 0 Å². The maximum atomic E-state index is 13.3. The Bertz CT molecular complexity index is 497. The molecular formula is C15H16FN. The molecule has 0 amide bonds. The van der Waals surface area contributed by atoms with Crippen LogP contribution in [0.1, 0.15) is 31.2 Å². The minimum absolute atomic E-state index is 0.141. The Morgan fingerprint density at radius 2 is 1.94 bits per heavy atom. The maximum absolute atomic E-state index is 13.3. The molecule has 0 atom stereocenters. The van der Waals surface area contributed by atoms with Gasteiger partial charge in [0.25, 0.3) is 0 Å². The van der Waals surface area contributed by atoms with Crippen molar-refractivity contribution in [3.63, 3.8) is 0 Å². The maximum Gasteiger partial charge on any atom is 0.125 e. The highest BCUT2D eigenvalue weighted by Crippen LogP contribution is 2.46. The van der Waals surface area contributed by atoms with Gasteiger partial charge in [0.05, 0.1) is 0 Å². The van der Waals surface area contributed by atoms with Gasteiger partial charge in [0, 0.05) is 37.5 Å². The monoisotopic (exact) mass is 229 g/mol. The summed E-state index contributed by atoms with van der Waals surface area (Å²) in [7, 11) is 2.05. The number of fused-ring (bicyclic) bond motifs is 2. The molecule has 1 aliphatic heterocycles. The number of rotatable bonds is 0. The molecule has 0 saturated heterocycles. The van der Waals surface area contributed by atoms with E-state index in [1.807, 2.05) is 6.07 Å². The molecule has 2 heteroatoms. The number of hydrogen-bond acceptors (Lipinski definition) is 1. The van der Waals surface area contributed by atoms with E-state index in [2.05, 4.69) is 23.8 Å². The van der Waals surface area contributed by atoms with Crippen LogP contribution in [-0.2, 0) is 5.41 Å². The first-order chi connectivity index (χ1) is 8.21. The van der Waals surface area contributed by atoms with Crippen molar-refractivity contribution in [2.24, 2.45) is 0 Å². The smallest absolute Gasteiger partial charge is 0.125 e. The second-order valence-corrected chi connectivity index (χ2v) is 5.15. The number of halogens is 1. The van der Waals surface area contributed by atoms with E-state index < -0.39 is 0 Å². The number of hydrogen-bond donors (Lipinski definition) is 0. The number of anilines is 1. The molecule has 1 nitrogen and oxygen atoms in total. The lowest BCUT2D eigenvalue weighted by atomic mass is 9.76. The van der Waals surface area contributed by atoms with Gasteiger partial charge in [-0.1, -0.05) is 6.07 Å². The molecule has 0 aromatic heterocycles. The lowest BCUT2D eigenvalue weighted by Gasteiger charge is -2.28. The average Bonchev–Trinajstić information content (AvgIpc) is 2.49. The third-order valence-corrected chi connectivity index (χ3v) is 4.06. The summed E-state index contributed by atoms with van der Waals surface area (Å²) in [6, 6.07) is 5.22. The summed E-state index contributed by atoms with van der Waals surface area (Å²) < 4.78 is 13.3. The highest BCUT2D eigenvalue weighted by Gasteiger charge is 2.40. The van der Waals surface area contributed by atoms with Gasteiger partial charge in [0.2, 0.25) is 0 Å². The van der Waals surface area contributed by atoms with Gasteiger partial charge in [-0.05, 0) is 30.5 Å².